The number of nitrogens with zero attached hydrogens (tertiary/aromatic N) is 5. The van der Waals surface area contributed by atoms with Crippen LogP contribution in [0, 0.1) is 0 Å². The fourth-order valence-corrected chi connectivity index (χ4v) is 4.86. The van der Waals surface area contributed by atoms with Gasteiger partial charge in [-0.15, -0.1) is 10.2 Å². The van der Waals surface area contributed by atoms with Gasteiger partial charge in [0.1, 0.15) is 6.33 Å². The number of carbonyl (C=O) groups excluding carboxylic acids is 2. The van der Waals surface area contributed by atoms with Crippen LogP contribution in [0.2, 0.25) is 0 Å². The first-order valence-electron chi connectivity index (χ1n) is 9.68. The third-order valence-corrected chi connectivity index (χ3v) is 6.88. The van der Waals surface area contributed by atoms with Gasteiger partial charge in [-0.3, -0.25) is 9.20 Å². The van der Waals surface area contributed by atoms with E-state index in [1.54, 1.807) is 40.8 Å². The van der Waals surface area contributed by atoms with Crippen molar-refractivity contribution in [3.05, 3.63) is 66.1 Å². The molecule has 0 spiro atoms. The molecule has 0 atom stereocenters. The van der Waals surface area contributed by atoms with Gasteiger partial charge >= 0.3 is 5.97 Å². The first-order chi connectivity index (χ1) is 14.9. The Morgan fingerprint density at radius 1 is 1.00 bits per heavy atom. The Morgan fingerprint density at radius 2 is 1.74 bits per heavy atom. The first-order valence-corrected chi connectivity index (χ1v) is 11.3. The summed E-state index contributed by atoms with van der Waals surface area (Å²) in [4.78, 5) is 26.1. The van der Waals surface area contributed by atoms with E-state index >= 15 is 0 Å². The molecule has 1 saturated heterocycles. The van der Waals surface area contributed by atoms with E-state index < -0.39 is 22.6 Å². The molecule has 0 N–H and O–H groups in total. The molecule has 1 amide bonds. The molecular weight excluding hydrogens is 422 g/mol. The Balaban J connectivity index is 1.27. The highest BCUT2D eigenvalue weighted by Crippen LogP contribution is 2.14. The summed E-state index contributed by atoms with van der Waals surface area (Å²) in [5.41, 5.74) is 1.59. The molecule has 3 heterocycles. The maximum atomic E-state index is 12.6. The van der Waals surface area contributed by atoms with Crippen LogP contribution >= 0.6 is 0 Å². The molecule has 0 bridgehead atoms. The Hall–Kier alpha value is -3.31. The number of rotatable bonds is 6. The number of aromatic nitrogens is 3. The molecule has 1 aliphatic rings. The summed E-state index contributed by atoms with van der Waals surface area (Å²) in [6, 6.07) is 12.1. The van der Waals surface area contributed by atoms with Gasteiger partial charge in [0, 0.05) is 32.4 Å². The molecular formula is C20H21N5O5S. The summed E-state index contributed by atoms with van der Waals surface area (Å²) < 4.78 is 33.3. The van der Waals surface area contributed by atoms with E-state index in [2.05, 4.69) is 10.2 Å². The Kier molecular flexibility index (Phi) is 5.96. The lowest BCUT2D eigenvalue weighted by molar-refractivity contribution is -0.135. The second-order valence-electron chi connectivity index (χ2n) is 7.11. The topological polar surface area (TPSA) is 114 Å². The zero-order valence-corrected chi connectivity index (χ0v) is 17.4. The number of hydrogen-bond acceptors (Lipinski definition) is 7. The van der Waals surface area contributed by atoms with E-state index in [0.717, 1.165) is 5.56 Å². The van der Waals surface area contributed by atoms with Crippen LogP contribution in [0.1, 0.15) is 15.9 Å². The van der Waals surface area contributed by atoms with Crippen molar-refractivity contribution in [2.75, 3.05) is 32.8 Å². The summed E-state index contributed by atoms with van der Waals surface area (Å²) in [5, 5.41) is 7.59. The minimum absolute atomic E-state index is 0.0732. The third kappa shape index (κ3) is 4.89. The number of amides is 1. The minimum atomic E-state index is -3.46. The highest BCUT2D eigenvalue weighted by Gasteiger charge is 2.29. The van der Waals surface area contributed by atoms with Gasteiger partial charge in [0.2, 0.25) is 10.0 Å². The fourth-order valence-electron chi connectivity index (χ4n) is 3.34. The molecule has 0 unspecified atom stereocenters. The van der Waals surface area contributed by atoms with E-state index in [0.29, 0.717) is 5.65 Å². The summed E-state index contributed by atoms with van der Waals surface area (Å²) in [7, 11) is -3.46. The van der Waals surface area contributed by atoms with Crippen molar-refractivity contribution in [1.82, 2.24) is 23.8 Å². The molecule has 31 heavy (non-hydrogen) atoms. The summed E-state index contributed by atoms with van der Waals surface area (Å²) in [5.74, 6) is -1.07. The number of fused-ring (bicyclic) bond motifs is 1. The van der Waals surface area contributed by atoms with Crippen molar-refractivity contribution >= 4 is 27.5 Å². The number of carbonyl (C=O) groups is 2. The van der Waals surface area contributed by atoms with Gasteiger partial charge < -0.3 is 9.64 Å². The molecule has 2 aromatic heterocycles. The van der Waals surface area contributed by atoms with E-state index in [1.807, 2.05) is 6.07 Å². The molecule has 1 fully saturated rings. The Bertz CT molecular complexity index is 1190. The number of ether oxygens (including phenoxy) is 1. The van der Waals surface area contributed by atoms with E-state index in [-0.39, 0.29) is 43.4 Å². The molecule has 0 saturated carbocycles. The first kappa shape index (κ1) is 20.9. The standard InChI is InChI=1S/C20H21N5O5S/c26-19(13-30-20(27)17-6-7-18-22-21-15-24(18)12-17)23-8-10-25(11-9-23)31(28,29)14-16-4-2-1-3-5-16/h1-7,12,15H,8-11,13-14H2. The van der Waals surface area contributed by atoms with Gasteiger partial charge in [-0.2, -0.15) is 4.31 Å². The maximum Gasteiger partial charge on any atom is 0.340 e. The van der Waals surface area contributed by atoms with Crippen molar-refractivity contribution in [2.45, 2.75) is 5.75 Å². The van der Waals surface area contributed by atoms with E-state index in [9.17, 15) is 18.0 Å². The number of sulfonamides is 1. The van der Waals surface area contributed by atoms with Crippen LogP contribution in [0.3, 0.4) is 0 Å². The zero-order chi connectivity index (χ0) is 21.8. The predicted molar refractivity (Wildman–Crippen MR) is 110 cm³/mol. The van der Waals surface area contributed by atoms with Crippen LogP contribution in [0.4, 0.5) is 0 Å². The fraction of sp³-hybridized carbons (Fsp3) is 0.300. The van der Waals surface area contributed by atoms with Crippen molar-refractivity contribution in [2.24, 2.45) is 0 Å². The smallest absolute Gasteiger partial charge is 0.340 e. The number of benzene rings is 1. The summed E-state index contributed by atoms with van der Waals surface area (Å²) in [6.07, 6.45) is 2.99. The van der Waals surface area contributed by atoms with Gasteiger partial charge in [-0.1, -0.05) is 30.3 Å². The third-order valence-electron chi connectivity index (χ3n) is 5.03. The van der Waals surface area contributed by atoms with Crippen LogP contribution < -0.4 is 0 Å². The van der Waals surface area contributed by atoms with Crippen LogP contribution in [0.15, 0.2) is 55.0 Å². The van der Waals surface area contributed by atoms with Crippen molar-refractivity contribution < 1.29 is 22.7 Å². The molecule has 1 aliphatic heterocycles. The highest BCUT2D eigenvalue weighted by atomic mass is 32.2. The second-order valence-corrected chi connectivity index (χ2v) is 9.08. The monoisotopic (exact) mass is 443 g/mol. The van der Waals surface area contributed by atoms with Gasteiger partial charge in [0.25, 0.3) is 5.91 Å². The van der Waals surface area contributed by atoms with Crippen molar-refractivity contribution in [1.29, 1.82) is 0 Å². The van der Waals surface area contributed by atoms with Crippen molar-refractivity contribution in [3.63, 3.8) is 0 Å². The average molecular weight is 443 g/mol. The minimum Gasteiger partial charge on any atom is -0.452 e. The number of piperazine rings is 1. The van der Waals surface area contributed by atoms with Crippen LogP contribution in [0.5, 0.6) is 0 Å². The van der Waals surface area contributed by atoms with Gasteiger partial charge in [0.15, 0.2) is 12.3 Å². The van der Waals surface area contributed by atoms with Gasteiger partial charge in [-0.05, 0) is 17.7 Å². The normalized spacial score (nSPS) is 15.2. The van der Waals surface area contributed by atoms with Crippen molar-refractivity contribution in [3.8, 4) is 0 Å². The van der Waals surface area contributed by atoms with Gasteiger partial charge in [-0.25, -0.2) is 13.2 Å². The van der Waals surface area contributed by atoms with E-state index in [4.69, 9.17) is 4.74 Å². The molecule has 4 rings (SSSR count). The Morgan fingerprint density at radius 3 is 2.48 bits per heavy atom. The highest BCUT2D eigenvalue weighted by molar-refractivity contribution is 7.88. The van der Waals surface area contributed by atoms with Crippen LogP contribution in [-0.2, 0) is 25.3 Å². The molecule has 0 aliphatic carbocycles. The predicted octanol–water partition coefficient (Wildman–Crippen LogP) is 0.560. The molecule has 1 aromatic carbocycles. The average Bonchev–Trinajstić information content (AvgIpc) is 3.25. The van der Waals surface area contributed by atoms with Crippen LogP contribution in [-0.4, -0.2) is 76.9 Å². The largest absolute Gasteiger partial charge is 0.452 e. The molecule has 162 valence electrons. The lowest BCUT2D eigenvalue weighted by atomic mass is 10.2. The maximum absolute atomic E-state index is 12.6. The molecule has 0 radical (unpaired) electrons. The molecule has 10 nitrogen and oxygen atoms in total. The second kappa shape index (κ2) is 8.82. The molecule has 11 heteroatoms. The Labute approximate surface area is 179 Å². The van der Waals surface area contributed by atoms with E-state index in [1.165, 1.54) is 21.7 Å². The quantitative estimate of drug-likeness (QED) is 0.512. The zero-order valence-electron chi connectivity index (χ0n) is 16.6. The lowest BCUT2D eigenvalue weighted by Crippen LogP contribution is -2.51. The summed E-state index contributed by atoms with van der Waals surface area (Å²) >= 11 is 0. The lowest BCUT2D eigenvalue weighted by Gasteiger charge is -2.33. The SMILES string of the molecule is O=C(OCC(=O)N1CCN(S(=O)(=O)Cc2ccccc2)CC1)c1ccc2nncn2c1. The van der Waals surface area contributed by atoms with Crippen LogP contribution in [0.25, 0.3) is 5.65 Å². The summed E-state index contributed by atoms with van der Waals surface area (Å²) in [6.45, 7) is 0.502. The van der Waals surface area contributed by atoms with Gasteiger partial charge in [0.05, 0.1) is 11.3 Å². The number of pyridine rings is 1. The number of hydrogen-bond donors (Lipinski definition) is 0. The molecule has 3 aromatic rings. The number of esters is 1.